The summed E-state index contributed by atoms with van der Waals surface area (Å²) in [5.41, 5.74) is 1.06. The quantitative estimate of drug-likeness (QED) is 0.537. The van der Waals surface area contributed by atoms with Crippen LogP contribution >= 0.6 is 0 Å². The SMILES string of the molecule is C=C/C(=C/c1ccc(OC)cc1)OC. The fourth-order valence-electron chi connectivity index (χ4n) is 1.07. The van der Waals surface area contributed by atoms with Gasteiger partial charge in [0.15, 0.2) is 0 Å². The molecule has 0 N–H and O–H groups in total. The lowest BCUT2D eigenvalue weighted by molar-refractivity contribution is 0.311. The summed E-state index contributed by atoms with van der Waals surface area (Å²) in [4.78, 5) is 0. The first-order valence-corrected chi connectivity index (χ1v) is 4.32. The highest BCUT2D eigenvalue weighted by Crippen LogP contribution is 2.14. The van der Waals surface area contributed by atoms with Crippen LogP contribution in [0.2, 0.25) is 0 Å². The maximum Gasteiger partial charge on any atom is 0.118 e. The Morgan fingerprint density at radius 3 is 2.29 bits per heavy atom. The average Bonchev–Trinajstić information content (AvgIpc) is 2.26. The van der Waals surface area contributed by atoms with E-state index in [1.54, 1.807) is 20.3 Å². The topological polar surface area (TPSA) is 18.5 Å². The lowest BCUT2D eigenvalue weighted by atomic mass is 10.2. The first-order chi connectivity index (χ1) is 6.80. The van der Waals surface area contributed by atoms with Crippen molar-refractivity contribution in [3.05, 3.63) is 48.2 Å². The van der Waals surface area contributed by atoms with Crippen molar-refractivity contribution in [3.63, 3.8) is 0 Å². The van der Waals surface area contributed by atoms with Crippen LogP contribution < -0.4 is 4.74 Å². The standard InChI is InChI=1S/C12H14O2/c1-4-11(13-2)9-10-5-7-12(14-3)8-6-10/h4-9H,1H2,2-3H3/b11-9-. The molecule has 74 valence electrons. The van der Waals surface area contributed by atoms with Crippen LogP contribution in [0.25, 0.3) is 6.08 Å². The molecule has 0 bridgehead atoms. The predicted octanol–water partition coefficient (Wildman–Crippen LogP) is 2.87. The lowest BCUT2D eigenvalue weighted by Crippen LogP contribution is -1.83. The molecule has 0 fully saturated rings. The van der Waals surface area contributed by atoms with Crippen LogP contribution in [0.5, 0.6) is 5.75 Å². The molecule has 0 amide bonds. The van der Waals surface area contributed by atoms with E-state index >= 15 is 0 Å². The van der Waals surface area contributed by atoms with Gasteiger partial charge in [-0.3, -0.25) is 0 Å². The van der Waals surface area contributed by atoms with Crippen molar-refractivity contribution in [3.8, 4) is 5.75 Å². The molecule has 2 nitrogen and oxygen atoms in total. The largest absolute Gasteiger partial charge is 0.497 e. The average molecular weight is 190 g/mol. The zero-order valence-corrected chi connectivity index (χ0v) is 8.49. The third kappa shape index (κ3) is 2.66. The second kappa shape index (κ2) is 5.12. The van der Waals surface area contributed by atoms with Crippen LogP contribution in [0.1, 0.15) is 5.56 Å². The third-order valence-electron chi connectivity index (χ3n) is 1.86. The lowest BCUT2D eigenvalue weighted by Gasteiger charge is -2.01. The van der Waals surface area contributed by atoms with E-state index in [-0.39, 0.29) is 0 Å². The first-order valence-electron chi connectivity index (χ1n) is 4.32. The molecule has 0 aliphatic carbocycles. The summed E-state index contributed by atoms with van der Waals surface area (Å²) in [6, 6.07) is 7.73. The summed E-state index contributed by atoms with van der Waals surface area (Å²) in [5, 5.41) is 0. The molecule has 0 aliphatic rings. The second-order valence-corrected chi connectivity index (χ2v) is 2.73. The van der Waals surface area contributed by atoms with E-state index in [4.69, 9.17) is 9.47 Å². The molecule has 14 heavy (non-hydrogen) atoms. The van der Waals surface area contributed by atoms with Crippen molar-refractivity contribution in [2.45, 2.75) is 0 Å². The highest BCUT2D eigenvalue weighted by Gasteiger charge is 1.93. The first kappa shape index (κ1) is 10.4. The number of benzene rings is 1. The van der Waals surface area contributed by atoms with E-state index in [0.29, 0.717) is 0 Å². The molecule has 0 aliphatic heterocycles. The molecule has 0 saturated carbocycles. The van der Waals surface area contributed by atoms with Gasteiger partial charge in [-0.05, 0) is 29.8 Å². The van der Waals surface area contributed by atoms with Gasteiger partial charge in [0.2, 0.25) is 0 Å². The van der Waals surface area contributed by atoms with Gasteiger partial charge in [0.1, 0.15) is 11.5 Å². The van der Waals surface area contributed by atoms with Crippen LogP contribution in [0.4, 0.5) is 0 Å². The van der Waals surface area contributed by atoms with Gasteiger partial charge in [0.05, 0.1) is 14.2 Å². The summed E-state index contributed by atoms with van der Waals surface area (Å²) in [6.07, 6.45) is 3.58. The molecule has 1 aromatic rings. The highest BCUT2D eigenvalue weighted by molar-refractivity contribution is 5.54. The van der Waals surface area contributed by atoms with Crippen LogP contribution in [0.3, 0.4) is 0 Å². The van der Waals surface area contributed by atoms with E-state index in [0.717, 1.165) is 17.1 Å². The monoisotopic (exact) mass is 190 g/mol. The minimum absolute atomic E-state index is 0.746. The molecular formula is C12H14O2. The molecule has 0 spiro atoms. The molecular weight excluding hydrogens is 176 g/mol. The summed E-state index contributed by atoms with van der Waals surface area (Å²) >= 11 is 0. The van der Waals surface area contributed by atoms with Crippen molar-refractivity contribution in [1.82, 2.24) is 0 Å². The molecule has 0 unspecified atom stereocenters. The number of methoxy groups -OCH3 is 2. The maximum atomic E-state index is 5.07. The van der Waals surface area contributed by atoms with Gasteiger partial charge in [-0.1, -0.05) is 18.7 Å². The van der Waals surface area contributed by atoms with Crippen LogP contribution in [0, 0.1) is 0 Å². The van der Waals surface area contributed by atoms with Crippen molar-refractivity contribution < 1.29 is 9.47 Å². The van der Waals surface area contributed by atoms with E-state index in [1.165, 1.54) is 0 Å². The zero-order chi connectivity index (χ0) is 10.4. The van der Waals surface area contributed by atoms with Gasteiger partial charge in [-0.2, -0.15) is 0 Å². The van der Waals surface area contributed by atoms with E-state index in [2.05, 4.69) is 6.58 Å². The van der Waals surface area contributed by atoms with Crippen LogP contribution in [-0.2, 0) is 4.74 Å². The minimum atomic E-state index is 0.746. The van der Waals surface area contributed by atoms with E-state index in [9.17, 15) is 0 Å². The summed E-state index contributed by atoms with van der Waals surface area (Å²) < 4.78 is 10.1. The highest BCUT2D eigenvalue weighted by atomic mass is 16.5. The molecule has 0 heterocycles. The molecule has 1 aromatic carbocycles. The van der Waals surface area contributed by atoms with E-state index < -0.39 is 0 Å². The fourth-order valence-corrected chi connectivity index (χ4v) is 1.07. The molecule has 0 aromatic heterocycles. The van der Waals surface area contributed by atoms with Crippen LogP contribution in [-0.4, -0.2) is 14.2 Å². The Morgan fingerprint density at radius 1 is 1.21 bits per heavy atom. The Hall–Kier alpha value is -1.70. The molecule has 0 atom stereocenters. The maximum absolute atomic E-state index is 5.07. The van der Waals surface area contributed by atoms with E-state index in [1.807, 2.05) is 30.3 Å². The second-order valence-electron chi connectivity index (χ2n) is 2.73. The third-order valence-corrected chi connectivity index (χ3v) is 1.86. The minimum Gasteiger partial charge on any atom is -0.497 e. The molecule has 0 saturated heterocycles. The molecule has 1 rings (SSSR count). The van der Waals surface area contributed by atoms with Gasteiger partial charge >= 0.3 is 0 Å². The van der Waals surface area contributed by atoms with Gasteiger partial charge in [-0.25, -0.2) is 0 Å². The summed E-state index contributed by atoms with van der Waals surface area (Å²) in [7, 11) is 3.27. The smallest absolute Gasteiger partial charge is 0.118 e. The van der Waals surface area contributed by atoms with Gasteiger partial charge < -0.3 is 9.47 Å². The summed E-state index contributed by atoms with van der Waals surface area (Å²) in [5.74, 6) is 1.59. The summed E-state index contributed by atoms with van der Waals surface area (Å²) in [6.45, 7) is 3.64. The van der Waals surface area contributed by atoms with Gasteiger partial charge in [0, 0.05) is 0 Å². The van der Waals surface area contributed by atoms with Crippen molar-refractivity contribution >= 4 is 6.08 Å². The molecule has 2 heteroatoms. The number of ether oxygens (including phenoxy) is 2. The zero-order valence-electron chi connectivity index (χ0n) is 8.49. The van der Waals surface area contributed by atoms with Crippen molar-refractivity contribution in [2.75, 3.05) is 14.2 Å². The normalized spacial score (nSPS) is 10.9. The van der Waals surface area contributed by atoms with Gasteiger partial charge in [-0.15, -0.1) is 0 Å². The number of rotatable bonds is 4. The number of hydrogen-bond donors (Lipinski definition) is 0. The number of allylic oxidation sites excluding steroid dienone is 1. The number of hydrogen-bond acceptors (Lipinski definition) is 2. The Kier molecular flexibility index (Phi) is 3.80. The molecule has 0 radical (unpaired) electrons. The van der Waals surface area contributed by atoms with Crippen LogP contribution in [0.15, 0.2) is 42.7 Å². The Balaban J connectivity index is 2.86. The fraction of sp³-hybridized carbons (Fsp3) is 0.167. The van der Waals surface area contributed by atoms with Crippen molar-refractivity contribution in [2.24, 2.45) is 0 Å². The van der Waals surface area contributed by atoms with Gasteiger partial charge in [0.25, 0.3) is 0 Å². The van der Waals surface area contributed by atoms with Crippen molar-refractivity contribution in [1.29, 1.82) is 0 Å². The Bertz CT molecular complexity index is 323. The Morgan fingerprint density at radius 2 is 1.86 bits per heavy atom. The Labute approximate surface area is 84.5 Å². The predicted molar refractivity (Wildman–Crippen MR) is 58.2 cm³/mol.